The number of hydrogen-bond donors (Lipinski definition) is 1. The van der Waals surface area contributed by atoms with E-state index >= 15 is 0 Å². The minimum Gasteiger partial charge on any atom is -0.462 e. The average Bonchev–Trinajstić information content (AvgIpc) is 3.68. The summed E-state index contributed by atoms with van der Waals surface area (Å²) >= 11 is 0. The molecule has 0 amide bonds. The van der Waals surface area contributed by atoms with E-state index in [9.17, 15) is 19.0 Å². The van der Waals surface area contributed by atoms with E-state index in [2.05, 4.69) is 160 Å². The summed E-state index contributed by atoms with van der Waals surface area (Å²) in [6, 6.07) is 0. The van der Waals surface area contributed by atoms with Gasteiger partial charge in [0.15, 0.2) is 6.10 Å². The van der Waals surface area contributed by atoms with Gasteiger partial charge in [0, 0.05) is 12.8 Å². The molecule has 10 heteroatoms. The summed E-state index contributed by atoms with van der Waals surface area (Å²) in [6.45, 7) is 4.30. The first-order chi connectivity index (χ1) is 43.0. The normalized spacial score (nSPS) is 14.0. The highest BCUT2D eigenvalue weighted by molar-refractivity contribution is 7.47. The van der Waals surface area contributed by atoms with Gasteiger partial charge in [-0.3, -0.25) is 18.6 Å². The molecular weight excluding hydrogens is 1110 g/mol. The second kappa shape index (κ2) is 67.3. The van der Waals surface area contributed by atoms with Crippen LogP contribution < -0.4 is 0 Å². The highest BCUT2D eigenvalue weighted by Gasteiger charge is 2.27. The van der Waals surface area contributed by atoms with E-state index in [1.54, 1.807) is 0 Å². The second-order valence-electron chi connectivity index (χ2n) is 24.5. The Morgan fingerprint density at radius 2 is 0.648 bits per heavy atom. The minimum atomic E-state index is -4.41. The van der Waals surface area contributed by atoms with Crippen LogP contribution in [0.1, 0.15) is 284 Å². The highest BCUT2D eigenvalue weighted by Crippen LogP contribution is 2.43. The number of carbonyl (C=O) groups is 2. The first-order valence-electron chi connectivity index (χ1n) is 35.6. The van der Waals surface area contributed by atoms with Crippen molar-refractivity contribution in [1.29, 1.82) is 0 Å². The van der Waals surface area contributed by atoms with E-state index in [4.69, 9.17) is 18.5 Å². The largest absolute Gasteiger partial charge is 0.472 e. The standard InChI is InChI=1S/C78H132NO8P/c1-6-8-10-12-14-16-18-20-22-24-26-28-30-32-33-34-35-36-37-38-39-40-41-42-43-44-45-47-49-51-53-55-57-59-61-63-65-67-69-71-78(81)87-76(75-86-88(82,83)85-73-72-79(3,4)5)74-84-77(80)70-68-66-64-62-60-58-56-54-52-50-48-46-31-29-27-25-23-21-19-17-15-13-11-9-7-2/h8,10,14,16,20,22,25-28,32-33,35-36,38-39,41-42,44-45,49,51,55,57,76H,6-7,9,11-13,15,17-19,21,23-24,29-31,34,37,40,43,46-48,50,52-54,56,58-75H2,1-5H3/p+1/b10-8-,16-14-,22-20-,27-25-,28-26-,33-32-,36-35-,39-38-,42-41-,45-44-,51-49-,57-55-. The number of nitrogens with zero attached hydrogens (tertiary/aromatic N) is 1. The molecule has 0 aromatic heterocycles. The van der Waals surface area contributed by atoms with Crippen LogP contribution in [0.5, 0.6) is 0 Å². The van der Waals surface area contributed by atoms with Gasteiger partial charge in [0.25, 0.3) is 0 Å². The van der Waals surface area contributed by atoms with Crippen molar-refractivity contribution in [2.75, 3.05) is 47.5 Å². The molecule has 0 aliphatic carbocycles. The van der Waals surface area contributed by atoms with Crippen LogP contribution in [0, 0.1) is 0 Å². The molecule has 0 rings (SSSR count). The Kier molecular flexibility index (Phi) is 64.1. The minimum absolute atomic E-state index is 0.0210. The molecule has 0 saturated carbocycles. The summed E-state index contributed by atoms with van der Waals surface area (Å²) in [7, 11) is 1.45. The number of allylic oxidation sites excluding steroid dienone is 24. The number of phosphoric ester groups is 1. The van der Waals surface area contributed by atoms with Crippen molar-refractivity contribution in [3.05, 3.63) is 146 Å². The molecule has 0 spiro atoms. The fourth-order valence-electron chi connectivity index (χ4n) is 9.43. The van der Waals surface area contributed by atoms with E-state index in [-0.39, 0.29) is 32.0 Å². The highest BCUT2D eigenvalue weighted by atomic mass is 31.2. The van der Waals surface area contributed by atoms with Gasteiger partial charge < -0.3 is 18.9 Å². The van der Waals surface area contributed by atoms with Crippen molar-refractivity contribution in [2.45, 2.75) is 290 Å². The third kappa shape index (κ3) is 71.0. The molecule has 0 saturated heterocycles. The third-order valence-corrected chi connectivity index (χ3v) is 15.8. The van der Waals surface area contributed by atoms with Gasteiger partial charge in [0.2, 0.25) is 0 Å². The Labute approximate surface area is 542 Å². The number of carbonyl (C=O) groups excluding carboxylic acids is 2. The van der Waals surface area contributed by atoms with E-state index in [1.165, 1.54) is 128 Å². The molecule has 0 bridgehead atoms. The average molecular weight is 1240 g/mol. The van der Waals surface area contributed by atoms with Crippen molar-refractivity contribution < 1.29 is 42.1 Å². The van der Waals surface area contributed by atoms with Crippen LogP contribution in [-0.2, 0) is 32.7 Å². The van der Waals surface area contributed by atoms with Crippen molar-refractivity contribution in [3.8, 4) is 0 Å². The summed E-state index contributed by atoms with van der Waals surface area (Å²) in [5.41, 5.74) is 0. The van der Waals surface area contributed by atoms with Crippen LogP contribution in [0.25, 0.3) is 0 Å². The molecule has 9 nitrogen and oxygen atoms in total. The lowest BCUT2D eigenvalue weighted by molar-refractivity contribution is -0.870. The van der Waals surface area contributed by atoms with Gasteiger partial charge in [-0.05, 0) is 122 Å². The molecule has 0 radical (unpaired) electrons. The number of hydrogen-bond acceptors (Lipinski definition) is 7. The summed E-state index contributed by atoms with van der Waals surface area (Å²) in [6.07, 6.45) is 99.5. The maximum absolute atomic E-state index is 12.9. The van der Waals surface area contributed by atoms with Gasteiger partial charge in [-0.1, -0.05) is 295 Å². The SMILES string of the molecule is CC/C=C\C/C=C\C/C=C\C/C=C\C/C=C\C/C=C\C/C=C\C/C=C\C/C=C\C/C=C\C/C=C\CCCCCCCC(=O)OC(COC(=O)CCCCCCCCCCCCCCC/C=C\CCCCCCCCCC)COP(=O)(O)OCC[N+](C)(C)C. The smallest absolute Gasteiger partial charge is 0.462 e. The van der Waals surface area contributed by atoms with Gasteiger partial charge in [0.1, 0.15) is 19.8 Å². The van der Waals surface area contributed by atoms with E-state index in [0.29, 0.717) is 17.4 Å². The lowest BCUT2D eigenvalue weighted by Crippen LogP contribution is -2.37. The van der Waals surface area contributed by atoms with Gasteiger partial charge in [-0.25, -0.2) is 4.57 Å². The number of phosphoric acid groups is 1. The number of unbranched alkanes of at least 4 members (excludes halogenated alkanes) is 26. The number of ether oxygens (including phenoxy) is 2. The molecule has 0 heterocycles. The predicted octanol–water partition coefficient (Wildman–Crippen LogP) is 23.4. The summed E-state index contributed by atoms with van der Waals surface area (Å²) in [5, 5.41) is 0. The molecule has 0 aromatic carbocycles. The first-order valence-corrected chi connectivity index (χ1v) is 37.1. The van der Waals surface area contributed by atoms with E-state index in [0.717, 1.165) is 122 Å². The summed E-state index contributed by atoms with van der Waals surface area (Å²) in [4.78, 5) is 35.9. The van der Waals surface area contributed by atoms with Crippen LogP contribution in [0.2, 0.25) is 0 Å². The second-order valence-corrected chi connectivity index (χ2v) is 26.0. The van der Waals surface area contributed by atoms with Gasteiger partial charge in [-0.15, -0.1) is 0 Å². The molecule has 0 fully saturated rings. The molecule has 2 unspecified atom stereocenters. The van der Waals surface area contributed by atoms with Crippen molar-refractivity contribution >= 4 is 19.8 Å². The zero-order valence-electron chi connectivity index (χ0n) is 57.2. The van der Waals surface area contributed by atoms with Crippen LogP contribution in [-0.4, -0.2) is 74.9 Å². The monoisotopic (exact) mass is 1240 g/mol. The zero-order chi connectivity index (χ0) is 64.1. The molecule has 0 aliphatic rings. The first kappa shape index (κ1) is 83.9. The number of rotatable bonds is 64. The Morgan fingerprint density at radius 1 is 0.364 bits per heavy atom. The maximum Gasteiger partial charge on any atom is 0.472 e. The van der Waals surface area contributed by atoms with Gasteiger partial charge >= 0.3 is 19.8 Å². The number of likely N-dealkylation sites (N-methyl/N-ethyl adjacent to an activating group) is 1. The van der Waals surface area contributed by atoms with Crippen molar-refractivity contribution in [2.24, 2.45) is 0 Å². The third-order valence-electron chi connectivity index (χ3n) is 14.9. The molecule has 88 heavy (non-hydrogen) atoms. The molecule has 0 aromatic rings. The molecule has 502 valence electrons. The van der Waals surface area contributed by atoms with E-state index in [1.807, 2.05) is 21.1 Å². The quantitative estimate of drug-likeness (QED) is 0.0211. The van der Waals surface area contributed by atoms with Crippen LogP contribution in [0.3, 0.4) is 0 Å². The lowest BCUT2D eigenvalue weighted by atomic mass is 10.0. The van der Waals surface area contributed by atoms with Gasteiger partial charge in [0.05, 0.1) is 27.7 Å². The number of esters is 2. The van der Waals surface area contributed by atoms with Crippen molar-refractivity contribution in [3.63, 3.8) is 0 Å². The maximum atomic E-state index is 12.9. The molecular formula is C78H133NO8P+. The fraction of sp³-hybridized carbons (Fsp3) is 0.667. The topological polar surface area (TPSA) is 108 Å². The molecule has 1 N–H and O–H groups in total. The number of quaternary nitrogens is 1. The van der Waals surface area contributed by atoms with Gasteiger partial charge in [-0.2, -0.15) is 0 Å². The Hall–Kier alpha value is -4.11. The van der Waals surface area contributed by atoms with Crippen LogP contribution in [0.4, 0.5) is 0 Å². The summed E-state index contributed by atoms with van der Waals surface area (Å²) in [5.74, 6) is -0.822. The fourth-order valence-corrected chi connectivity index (χ4v) is 10.2. The predicted molar refractivity (Wildman–Crippen MR) is 380 cm³/mol. The molecule has 0 aliphatic heterocycles. The molecule has 2 atom stereocenters. The zero-order valence-corrected chi connectivity index (χ0v) is 58.1. The van der Waals surface area contributed by atoms with E-state index < -0.39 is 26.5 Å². The Balaban J connectivity index is 4.15. The Bertz CT molecular complexity index is 2000. The van der Waals surface area contributed by atoms with Crippen molar-refractivity contribution in [1.82, 2.24) is 0 Å². The summed E-state index contributed by atoms with van der Waals surface area (Å²) < 4.78 is 34.7. The lowest BCUT2D eigenvalue weighted by Gasteiger charge is -2.24. The van der Waals surface area contributed by atoms with Crippen LogP contribution >= 0.6 is 7.82 Å². The van der Waals surface area contributed by atoms with Crippen LogP contribution in [0.15, 0.2) is 146 Å². The Morgan fingerprint density at radius 3 is 0.977 bits per heavy atom.